The maximum Gasteiger partial charge on any atom is 0.224 e. The molecule has 3 nitrogen and oxygen atoms in total. The molecule has 0 spiro atoms. The van der Waals surface area contributed by atoms with Gasteiger partial charge in [0.05, 0.1) is 0 Å². The molecule has 0 radical (unpaired) electrons. The van der Waals surface area contributed by atoms with E-state index in [0.717, 1.165) is 31.6 Å². The summed E-state index contributed by atoms with van der Waals surface area (Å²) >= 11 is 0. The topological polar surface area (TPSA) is 41.1 Å². The number of benzene rings is 1. The number of nitrogens with one attached hydrogen (secondary N) is 2. The molecular formula is C22H37ClN2O. The molecule has 0 aliphatic carbocycles. The average Bonchev–Trinajstić information content (AvgIpc) is 3.11. The summed E-state index contributed by atoms with van der Waals surface area (Å²) in [4.78, 5) is 12.1. The number of halogens is 1. The van der Waals surface area contributed by atoms with Crippen LogP contribution in [0, 0.1) is 5.92 Å². The highest BCUT2D eigenvalue weighted by Crippen LogP contribution is 2.16. The number of hydrogen-bond acceptors (Lipinski definition) is 2. The van der Waals surface area contributed by atoms with Gasteiger partial charge in [-0.1, -0.05) is 64.0 Å². The molecule has 1 atom stereocenters. The van der Waals surface area contributed by atoms with E-state index in [2.05, 4.69) is 29.7 Å². The fourth-order valence-corrected chi connectivity index (χ4v) is 3.58. The molecule has 0 aromatic heterocycles. The summed E-state index contributed by atoms with van der Waals surface area (Å²) in [7, 11) is 0. The number of amides is 1. The normalized spacial score (nSPS) is 16.3. The van der Waals surface area contributed by atoms with Gasteiger partial charge in [0.25, 0.3) is 0 Å². The van der Waals surface area contributed by atoms with E-state index in [9.17, 15) is 4.79 Å². The Morgan fingerprint density at radius 1 is 1.04 bits per heavy atom. The van der Waals surface area contributed by atoms with Crippen molar-refractivity contribution >= 4 is 24.0 Å². The van der Waals surface area contributed by atoms with Crippen LogP contribution in [0.3, 0.4) is 0 Å². The number of rotatable bonds is 12. The molecule has 1 aliphatic heterocycles. The SMILES string of the molecule is CCCCCCCCCCc1ccc(NC(=O)CC2CCNC2)cc1.Cl. The first-order valence-corrected chi connectivity index (χ1v) is 10.4. The molecule has 1 amide bonds. The van der Waals surface area contributed by atoms with Crippen LogP contribution in [-0.4, -0.2) is 19.0 Å². The minimum atomic E-state index is 0. The fraction of sp³-hybridized carbons (Fsp3) is 0.682. The summed E-state index contributed by atoms with van der Waals surface area (Å²) in [5, 5.41) is 6.34. The molecule has 0 saturated carbocycles. The maximum absolute atomic E-state index is 12.1. The van der Waals surface area contributed by atoms with E-state index in [1.165, 1.54) is 56.9 Å². The van der Waals surface area contributed by atoms with Crippen molar-refractivity contribution in [2.45, 2.75) is 77.6 Å². The van der Waals surface area contributed by atoms with Crippen molar-refractivity contribution in [1.29, 1.82) is 0 Å². The standard InChI is InChI=1S/C22H36N2O.ClH/c1-2-3-4-5-6-7-8-9-10-19-11-13-21(14-12-19)24-22(25)17-20-15-16-23-18-20;/h11-14,20,23H,2-10,15-18H2,1H3,(H,24,25);1H. The van der Waals surface area contributed by atoms with Crippen molar-refractivity contribution in [3.8, 4) is 0 Å². The average molecular weight is 381 g/mol. The highest BCUT2D eigenvalue weighted by atomic mass is 35.5. The summed E-state index contributed by atoms with van der Waals surface area (Å²) in [6.45, 7) is 4.29. The lowest BCUT2D eigenvalue weighted by atomic mass is 10.0. The smallest absolute Gasteiger partial charge is 0.224 e. The largest absolute Gasteiger partial charge is 0.326 e. The Morgan fingerprint density at radius 2 is 1.69 bits per heavy atom. The van der Waals surface area contributed by atoms with Gasteiger partial charge in [-0.3, -0.25) is 4.79 Å². The lowest BCUT2D eigenvalue weighted by Crippen LogP contribution is -2.18. The maximum atomic E-state index is 12.1. The molecule has 148 valence electrons. The van der Waals surface area contributed by atoms with Gasteiger partial charge in [-0.25, -0.2) is 0 Å². The fourth-order valence-electron chi connectivity index (χ4n) is 3.58. The van der Waals surface area contributed by atoms with Crippen LogP contribution in [0.4, 0.5) is 5.69 Å². The molecular weight excluding hydrogens is 344 g/mol. The van der Waals surface area contributed by atoms with Crippen LogP contribution in [-0.2, 0) is 11.2 Å². The van der Waals surface area contributed by atoms with Crippen LogP contribution >= 0.6 is 12.4 Å². The number of anilines is 1. The molecule has 4 heteroatoms. The molecule has 1 saturated heterocycles. The van der Waals surface area contributed by atoms with E-state index in [1.54, 1.807) is 0 Å². The molecule has 1 aliphatic rings. The second kappa shape index (κ2) is 14.1. The molecule has 2 rings (SSSR count). The van der Waals surface area contributed by atoms with Crippen LogP contribution < -0.4 is 10.6 Å². The van der Waals surface area contributed by atoms with Gasteiger partial charge in [-0.05, 0) is 56.0 Å². The lowest BCUT2D eigenvalue weighted by Gasteiger charge is -2.10. The van der Waals surface area contributed by atoms with Gasteiger partial charge in [0, 0.05) is 12.1 Å². The zero-order valence-electron chi connectivity index (χ0n) is 16.4. The second-order valence-corrected chi connectivity index (χ2v) is 7.53. The number of carbonyl (C=O) groups is 1. The monoisotopic (exact) mass is 380 g/mol. The van der Waals surface area contributed by atoms with Crippen molar-refractivity contribution in [2.75, 3.05) is 18.4 Å². The van der Waals surface area contributed by atoms with E-state index >= 15 is 0 Å². The highest BCUT2D eigenvalue weighted by Gasteiger charge is 2.17. The first kappa shape index (κ1) is 23.0. The van der Waals surface area contributed by atoms with Gasteiger partial charge in [0.15, 0.2) is 0 Å². The minimum Gasteiger partial charge on any atom is -0.326 e. The van der Waals surface area contributed by atoms with Crippen LogP contribution in [0.25, 0.3) is 0 Å². The van der Waals surface area contributed by atoms with Gasteiger partial charge in [0.2, 0.25) is 5.91 Å². The predicted molar refractivity (Wildman–Crippen MR) is 114 cm³/mol. The first-order valence-electron chi connectivity index (χ1n) is 10.4. The third kappa shape index (κ3) is 9.59. The van der Waals surface area contributed by atoms with Crippen LogP contribution in [0.5, 0.6) is 0 Å². The Balaban J connectivity index is 0.00000338. The zero-order chi connectivity index (χ0) is 17.7. The Kier molecular flexibility index (Phi) is 12.4. The van der Waals surface area contributed by atoms with Crippen LogP contribution in [0.15, 0.2) is 24.3 Å². The lowest BCUT2D eigenvalue weighted by molar-refractivity contribution is -0.116. The molecule has 2 N–H and O–H groups in total. The molecule has 1 unspecified atom stereocenters. The van der Waals surface area contributed by atoms with Crippen molar-refractivity contribution < 1.29 is 4.79 Å². The Hall–Kier alpha value is -1.06. The van der Waals surface area contributed by atoms with Crippen LogP contribution in [0.2, 0.25) is 0 Å². The predicted octanol–water partition coefficient (Wildman–Crippen LogP) is 5.73. The number of aryl methyl sites for hydroxylation is 1. The van der Waals surface area contributed by atoms with E-state index in [-0.39, 0.29) is 18.3 Å². The third-order valence-corrected chi connectivity index (χ3v) is 5.19. The van der Waals surface area contributed by atoms with Gasteiger partial charge in [-0.2, -0.15) is 0 Å². The number of carbonyl (C=O) groups excluding carboxylic acids is 1. The van der Waals surface area contributed by atoms with Crippen molar-refractivity contribution in [1.82, 2.24) is 5.32 Å². The van der Waals surface area contributed by atoms with Gasteiger partial charge < -0.3 is 10.6 Å². The van der Waals surface area contributed by atoms with Gasteiger partial charge in [0.1, 0.15) is 0 Å². The summed E-state index contributed by atoms with van der Waals surface area (Å²) in [6.07, 6.45) is 13.8. The Bertz CT molecular complexity index is 483. The summed E-state index contributed by atoms with van der Waals surface area (Å²) in [5.74, 6) is 0.644. The van der Waals surface area contributed by atoms with E-state index in [4.69, 9.17) is 0 Å². The molecule has 1 aromatic carbocycles. The van der Waals surface area contributed by atoms with Crippen LogP contribution in [0.1, 0.15) is 76.7 Å². The molecule has 26 heavy (non-hydrogen) atoms. The summed E-state index contributed by atoms with van der Waals surface area (Å²) < 4.78 is 0. The van der Waals surface area contributed by atoms with E-state index < -0.39 is 0 Å². The number of hydrogen-bond donors (Lipinski definition) is 2. The van der Waals surface area contributed by atoms with E-state index in [0.29, 0.717) is 12.3 Å². The zero-order valence-corrected chi connectivity index (χ0v) is 17.2. The number of unbranched alkanes of at least 4 members (excludes halogenated alkanes) is 7. The molecule has 1 heterocycles. The Labute approximate surface area is 166 Å². The minimum absolute atomic E-state index is 0. The summed E-state index contributed by atoms with van der Waals surface area (Å²) in [5.41, 5.74) is 2.31. The van der Waals surface area contributed by atoms with Crippen molar-refractivity contribution in [3.05, 3.63) is 29.8 Å². The summed E-state index contributed by atoms with van der Waals surface area (Å²) in [6, 6.07) is 8.41. The quantitative estimate of drug-likeness (QED) is 0.454. The van der Waals surface area contributed by atoms with Gasteiger partial charge >= 0.3 is 0 Å². The Morgan fingerprint density at radius 3 is 2.31 bits per heavy atom. The molecule has 0 bridgehead atoms. The van der Waals surface area contributed by atoms with Crippen molar-refractivity contribution in [3.63, 3.8) is 0 Å². The molecule has 1 aromatic rings. The molecule has 1 fully saturated rings. The van der Waals surface area contributed by atoms with Crippen molar-refractivity contribution in [2.24, 2.45) is 5.92 Å². The highest BCUT2D eigenvalue weighted by molar-refractivity contribution is 5.90. The van der Waals surface area contributed by atoms with Gasteiger partial charge in [-0.15, -0.1) is 12.4 Å². The van der Waals surface area contributed by atoms with E-state index in [1.807, 2.05) is 12.1 Å². The third-order valence-electron chi connectivity index (χ3n) is 5.19. The second-order valence-electron chi connectivity index (χ2n) is 7.53. The first-order chi connectivity index (χ1) is 12.3.